The van der Waals surface area contributed by atoms with Gasteiger partial charge in [-0.1, -0.05) is 0 Å². The highest BCUT2D eigenvalue weighted by molar-refractivity contribution is 5.94. The van der Waals surface area contributed by atoms with Gasteiger partial charge in [0.25, 0.3) is 5.91 Å². The van der Waals surface area contributed by atoms with Gasteiger partial charge in [-0.2, -0.15) is 0 Å². The van der Waals surface area contributed by atoms with E-state index in [9.17, 15) is 4.79 Å². The van der Waals surface area contributed by atoms with Gasteiger partial charge >= 0.3 is 0 Å². The van der Waals surface area contributed by atoms with Crippen LogP contribution >= 0.6 is 0 Å². The molecule has 2 saturated heterocycles. The molecule has 138 valence electrons. The lowest BCUT2D eigenvalue weighted by atomic mass is 10.0. The Kier molecular flexibility index (Phi) is 6.61. The average Bonchev–Trinajstić information content (AvgIpc) is 2.68. The van der Waals surface area contributed by atoms with Crippen LogP contribution in [0.25, 0.3) is 0 Å². The Morgan fingerprint density at radius 3 is 2.64 bits per heavy atom. The number of β-amino-alcohol motifs (C(OH)–C–C–N with tert-alkyl or cyclic N) is 1. The topological polar surface area (TPSA) is 75.1 Å². The molecule has 25 heavy (non-hydrogen) atoms. The predicted molar refractivity (Wildman–Crippen MR) is 92.7 cm³/mol. The number of hydrogen-bond acceptors (Lipinski definition) is 6. The summed E-state index contributed by atoms with van der Waals surface area (Å²) < 4.78 is 11.1. The van der Waals surface area contributed by atoms with Crippen LogP contribution in [-0.4, -0.2) is 84.9 Å². The first-order valence-electron chi connectivity index (χ1n) is 9.05. The molecule has 1 aromatic heterocycles. The molecule has 0 bridgehead atoms. The van der Waals surface area contributed by atoms with Crippen LogP contribution < -0.4 is 4.74 Å². The van der Waals surface area contributed by atoms with Gasteiger partial charge in [0.15, 0.2) is 0 Å². The van der Waals surface area contributed by atoms with Gasteiger partial charge in [-0.15, -0.1) is 0 Å². The van der Waals surface area contributed by atoms with E-state index >= 15 is 0 Å². The highest BCUT2D eigenvalue weighted by Crippen LogP contribution is 2.17. The number of aromatic nitrogens is 1. The molecule has 0 spiro atoms. The minimum absolute atomic E-state index is 0.00660. The summed E-state index contributed by atoms with van der Waals surface area (Å²) in [5, 5.41) is 8.98. The monoisotopic (exact) mass is 349 g/mol. The Morgan fingerprint density at radius 1 is 1.24 bits per heavy atom. The van der Waals surface area contributed by atoms with Crippen molar-refractivity contribution in [2.75, 3.05) is 59.2 Å². The van der Waals surface area contributed by atoms with E-state index in [0.29, 0.717) is 43.6 Å². The lowest BCUT2D eigenvalue weighted by Crippen LogP contribution is -2.49. The number of amides is 1. The smallest absolute Gasteiger partial charge is 0.255 e. The second-order valence-corrected chi connectivity index (χ2v) is 6.61. The lowest BCUT2D eigenvalue weighted by Gasteiger charge is -2.34. The zero-order valence-corrected chi connectivity index (χ0v) is 14.6. The maximum atomic E-state index is 12.5. The molecule has 1 N–H and O–H groups in total. The van der Waals surface area contributed by atoms with Crippen molar-refractivity contribution in [1.29, 1.82) is 0 Å². The highest BCUT2D eigenvalue weighted by atomic mass is 16.5. The molecule has 7 nitrogen and oxygen atoms in total. The SMILES string of the molecule is O=C(c1ccc(OCC2CCOCC2)nc1)N1CCN(CCO)CC1. The van der Waals surface area contributed by atoms with Gasteiger partial charge in [-0.05, 0) is 24.8 Å². The largest absolute Gasteiger partial charge is 0.477 e. The van der Waals surface area contributed by atoms with Crippen LogP contribution in [0.1, 0.15) is 23.2 Å². The van der Waals surface area contributed by atoms with E-state index in [2.05, 4.69) is 9.88 Å². The molecule has 1 amide bonds. The fourth-order valence-corrected chi connectivity index (χ4v) is 3.21. The van der Waals surface area contributed by atoms with Gasteiger partial charge in [0.2, 0.25) is 5.88 Å². The number of carbonyl (C=O) groups excluding carboxylic acids is 1. The molecular weight excluding hydrogens is 322 g/mol. The number of rotatable bonds is 6. The quantitative estimate of drug-likeness (QED) is 0.812. The molecule has 0 unspecified atom stereocenters. The fraction of sp³-hybridized carbons (Fsp3) is 0.667. The molecule has 0 atom stereocenters. The molecule has 2 fully saturated rings. The molecule has 3 rings (SSSR count). The van der Waals surface area contributed by atoms with Crippen molar-refractivity contribution in [2.45, 2.75) is 12.8 Å². The Balaban J connectivity index is 1.47. The Bertz CT molecular complexity index is 538. The van der Waals surface area contributed by atoms with E-state index in [1.165, 1.54) is 0 Å². The number of ether oxygens (including phenoxy) is 2. The van der Waals surface area contributed by atoms with E-state index < -0.39 is 0 Å². The number of hydrogen-bond donors (Lipinski definition) is 1. The van der Waals surface area contributed by atoms with E-state index in [4.69, 9.17) is 14.6 Å². The van der Waals surface area contributed by atoms with Gasteiger partial charge in [0.1, 0.15) is 0 Å². The number of aliphatic hydroxyl groups is 1. The minimum Gasteiger partial charge on any atom is -0.477 e. The van der Waals surface area contributed by atoms with E-state index in [-0.39, 0.29) is 12.5 Å². The summed E-state index contributed by atoms with van der Waals surface area (Å²) in [6.07, 6.45) is 3.65. The summed E-state index contributed by atoms with van der Waals surface area (Å²) in [5.74, 6) is 1.09. The third kappa shape index (κ3) is 5.14. The number of aliphatic hydroxyl groups excluding tert-OH is 1. The zero-order chi connectivity index (χ0) is 17.5. The normalized spacial score (nSPS) is 19.8. The van der Waals surface area contributed by atoms with Gasteiger partial charge in [-0.3, -0.25) is 9.69 Å². The van der Waals surface area contributed by atoms with Crippen molar-refractivity contribution in [3.8, 4) is 5.88 Å². The second kappa shape index (κ2) is 9.12. The van der Waals surface area contributed by atoms with Gasteiger partial charge in [-0.25, -0.2) is 4.98 Å². The molecule has 7 heteroatoms. The van der Waals surface area contributed by atoms with Crippen LogP contribution in [0, 0.1) is 5.92 Å². The summed E-state index contributed by atoms with van der Waals surface area (Å²) in [5.41, 5.74) is 0.592. The van der Waals surface area contributed by atoms with Crippen molar-refractivity contribution in [1.82, 2.24) is 14.8 Å². The summed E-state index contributed by atoms with van der Waals surface area (Å²) in [6.45, 7) is 6.05. The minimum atomic E-state index is 0.00660. The van der Waals surface area contributed by atoms with Crippen molar-refractivity contribution in [3.63, 3.8) is 0 Å². The third-order valence-electron chi connectivity index (χ3n) is 4.87. The van der Waals surface area contributed by atoms with Crippen LogP contribution in [0.4, 0.5) is 0 Å². The first kappa shape index (κ1) is 18.1. The number of piperazine rings is 1. The summed E-state index contributed by atoms with van der Waals surface area (Å²) in [4.78, 5) is 20.8. The van der Waals surface area contributed by atoms with Crippen LogP contribution in [0.15, 0.2) is 18.3 Å². The van der Waals surface area contributed by atoms with Crippen molar-refractivity contribution < 1.29 is 19.4 Å². The van der Waals surface area contributed by atoms with Crippen LogP contribution in [0.5, 0.6) is 5.88 Å². The van der Waals surface area contributed by atoms with Gasteiger partial charge in [0.05, 0.1) is 18.8 Å². The molecule has 2 aliphatic heterocycles. The van der Waals surface area contributed by atoms with Crippen LogP contribution in [-0.2, 0) is 4.74 Å². The first-order valence-corrected chi connectivity index (χ1v) is 9.05. The predicted octanol–water partition coefficient (Wildman–Crippen LogP) is 0.637. The molecule has 0 aliphatic carbocycles. The molecule has 1 aromatic rings. The van der Waals surface area contributed by atoms with Crippen molar-refractivity contribution in [3.05, 3.63) is 23.9 Å². The summed E-state index contributed by atoms with van der Waals surface area (Å²) in [6, 6.07) is 3.56. The lowest BCUT2D eigenvalue weighted by molar-refractivity contribution is 0.0490. The third-order valence-corrected chi connectivity index (χ3v) is 4.87. The highest BCUT2D eigenvalue weighted by Gasteiger charge is 2.22. The Morgan fingerprint density at radius 2 is 2.00 bits per heavy atom. The summed E-state index contributed by atoms with van der Waals surface area (Å²) in [7, 11) is 0. The molecule has 0 radical (unpaired) electrons. The first-order chi connectivity index (χ1) is 12.3. The fourth-order valence-electron chi connectivity index (χ4n) is 3.21. The number of carbonyl (C=O) groups is 1. The molecular formula is C18H27N3O4. The van der Waals surface area contributed by atoms with Crippen molar-refractivity contribution in [2.24, 2.45) is 5.92 Å². The van der Waals surface area contributed by atoms with E-state index in [1.807, 2.05) is 4.90 Å². The molecule has 2 aliphatic rings. The van der Waals surface area contributed by atoms with Crippen LogP contribution in [0.3, 0.4) is 0 Å². The maximum Gasteiger partial charge on any atom is 0.255 e. The number of nitrogens with zero attached hydrogens (tertiary/aromatic N) is 3. The molecule has 0 aromatic carbocycles. The number of pyridine rings is 1. The van der Waals surface area contributed by atoms with E-state index in [1.54, 1.807) is 18.3 Å². The maximum absolute atomic E-state index is 12.5. The van der Waals surface area contributed by atoms with E-state index in [0.717, 1.165) is 39.1 Å². The second-order valence-electron chi connectivity index (χ2n) is 6.61. The van der Waals surface area contributed by atoms with Crippen molar-refractivity contribution >= 4 is 5.91 Å². The zero-order valence-electron chi connectivity index (χ0n) is 14.6. The summed E-state index contributed by atoms with van der Waals surface area (Å²) >= 11 is 0. The molecule has 3 heterocycles. The van der Waals surface area contributed by atoms with Gasteiger partial charge in [0, 0.05) is 58.2 Å². The van der Waals surface area contributed by atoms with Gasteiger partial charge < -0.3 is 19.5 Å². The van der Waals surface area contributed by atoms with Crippen LogP contribution in [0.2, 0.25) is 0 Å². The Hall–Kier alpha value is -1.70. The Labute approximate surface area is 148 Å². The average molecular weight is 349 g/mol. The molecule has 0 saturated carbocycles. The standard InChI is InChI=1S/C18H27N3O4/c22-10-9-20-5-7-21(8-6-20)18(23)16-1-2-17(19-13-16)25-14-15-3-11-24-12-4-15/h1-2,13,15,22H,3-12,14H2.